The molecule has 0 amide bonds. The first-order chi connectivity index (χ1) is 7.18. The minimum absolute atomic E-state index is 0.361. The minimum Gasteiger partial charge on any atom is -0.399 e. The van der Waals surface area contributed by atoms with Gasteiger partial charge in [0.15, 0.2) is 0 Å². The van der Waals surface area contributed by atoms with Crippen LogP contribution >= 0.6 is 11.6 Å². The molecule has 0 radical (unpaired) electrons. The molecule has 82 valence electrons. The zero-order valence-corrected chi connectivity index (χ0v) is 9.50. The van der Waals surface area contributed by atoms with E-state index in [9.17, 15) is 0 Å². The quantitative estimate of drug-likeness (QED) is 0.746. The summed E-state index contributed by atoms with van der Waals surface area (Å²) in [4.78, 5) is 2.26. The molecule has 2 N–H and O–H groups in total. The third-order valence-electron chi connectivity index (χ3n) is 2.65. The van der Waals surface area contributed by atoms with Crippen LogP contribution in [0.1, 0.15) is 6.92 Å². The Morgan fingerprint density at radius 3 is 3.00 bits per heavy atom. The Bertz CT molecular complexity index is 356. The first kappa shape index (κ1) is 10.6. The van der Waals surface area contributed by atoms with E-state index in [2.05, 4.69) is 11.8 Å². The Hall–Kier alpha value is -0.930. The van der Waals surface area contributed by atoms with E-state index in [1.165, 1.54) is 0 Å². The van der Waals surface area contributed by atoms with Crippen molar-refractivity contribution in [3.05, 3.63) is 23.2 Å². The third kappa shape index (κ3) is 2.19. The molecule has 4 heteroatoms. The Kier molecular flexibility index (Phi) is 3.03. The molecule has 0 aromatic heterocycles. The molecule has 1 aliphatic rings. The van der Waals surface area contributed by atoms with E-state index in [0.717, 1.165) is 25.4 Å². The molecule has 1 aliphatic heterocycles. The second kappa shape index (κ2) is 4.29. The molecule has 1 saturated heterocycles. The van der Waals surface area contributed by atoms with Gasteiger partial charge in [-0.1, -0.05) is 11.6 Å². The highest BCUT2D eigenvalue weighted by Gasteiger charge is 2.20. The molecule has 0 aliphatic carbocycles. The van der Waals surface area contributed by atoms with Gasteiger partial charge in [0.2, 0.25) is 0 Å². The van der Waals surface area contributed by atoms with Crippen molar-refractivity contribution in [3.63, 3.8) is 0 Å². The van der Waals surface area contributed by atoms with Crippen LogP contribution in [0.25, 0.3) is 0 Å². The standard InChI is InChI=1S/C11H15ClN2O/c1-8-7-15-5-4-14(8)11-3-2-9(13)6-10(11)12/h2-3,6,8H,4-5,7,13H2,1H3. The lowest BCUT2D eigenvalue weighted by atomic mass is 10.2. The summed E-state index contributed by atoms with van der Waals surface area (Å²) in [7, 11) is 0. The SMILES string of the molecule is CC1COCCN1c1ccc(N)cc1Cl. The van der Waals surface area contributed by atoms with Gasteiger partial charge >= 0.3 is 0 Å². The molecule has 0 bridgehead atoms. The van der Waals surface area contributed by atoms with Gasteiger partial charge in [0.25, 0.3) is 0 Å². The maximum Gasteiger partial charge on any atom is 0.0668 e. The molecular weight excluding hydrogens is 212 g/mol. The van der Waals surface area contributed by atoms with Crippen molar-refractivity contribution < 1.29 is 4.74 Å². The second-order valence-corrected chi connectivity index (χ2v) is 4.24. The summed E-state index contributed by atoms with van der Waals surface area (Å²) >= 11 is 6.17. The predicted octanol–water partition coefficient (Wildman–Crippen LogP) is 2.15. The number of hydrogen-bond acceptors (Lipinski definition) is 3. The number of ether oxygens (including phenoxy) is 1. The first-order valence-corrected chi connectivity index (χ1v) is 5.45. The van der Waals surface area contributed by atoms with Gasteiger partial charge in [-0.3, -0.25) is 0 Å². The van der Waals surface area contributed by atoms with Gasteiger partial charge in [0.1, 0.15) is 0 Å². The molecule has 1 aromatic carbocycles. The van der Waals surface area contributed by atoms with Gasteiger partial charge in [-0.05, 0) is 25.1 Å². The van der Waals surface area contributed by atoms with Crippen molar-refractivity contribution in [2.45, 2.75) is 13.0 Å². The number of nitrogens with zero attached hydrogens (tertiary/aromatic N) is 1. The summed E-state index contributed by atoms with van der Waals surface area (Å²) in [6, 6.07) is 6.00. The highest BCUT2D eigenvalue weighted by molar-refractivity contribution is 6.33. The average Bonchev–Trinajstić information content (AvgIpc) is 2.20. The summed E-state index contributed by atoms with van der Waals surface area (Å²) in [5.74, 6) is 0. The zero-order chi connectivity index (χ0) is 10.8. The monoisotopic (exact) mass is 226 g/mol. The van der Waals surface area contributed by atoms with E-state index >= 15 is 0 Å². The molecule has 0 saturated carbocycles. The Morgan fingerprint density at radius 2 is 2.33 bits per heavy atom. The molecule has 1 fully saturated rings. The summed E-state index contributed by atoms with van der Waals surface area (Å²) in [6.45, 7) is 4.52. The molecule has 1 heterocycles. The summed E-state index contributed by atoms with van der Waals surface area (Å²) < 4.78 is 5.39. The molecule has 15 heavy (non-hydrogen) atoms. The van der Waals surface area contributed by atoms with E-state index in [1.54, 1.807) is 6.07 Å². The summed E-state index contributed by atoms with van der Waals surface area (Å²) in [6.07, 6.45) is 0. The number of halogens is 1. The summed E-state index contributed by atoms with van der Waals surface area (Å²) in [5, 5.41) is 0.712. The van der Waals surface area contributed by atoms with Gasteiger partial charge < -0.3 is 15.4 Å². The fourth-order valence-electron chi connectivity index (χ4n) is 1.84. The van der Waals surface area contributed by atoms with Crippen molar-refractivity contribution in [1.82, 2.24) is 0 Å². The molecule has 1 atom stereocenters. The number of morpholine rings is 1. The van der Waals surface area contributed by atoms with Crippen LogP contribution in [-0.2, 0) is 4.74 Å². The van der Waals surface area contributed by atoms with E-state index in [0.29, 0.717) is 16.8 Å². The molecule has 2 rings (SSSR count). The number of hydrogen-bond donors (Lipinski definition) is 1. The van der Waals surface area contributed by atoms with E-state index in [4.69, 9.17) is 22.1 Å². The zero-order valence-electron chi connectivity index (χ0n) is 8.74. The van der Waals surface area contributed by atoms with E-state index in [1.807, 2.05) is 12.1 Å². The lowest BCUT2D eigenvalue weighted by Gasteiger charge is -2.35. The lowest BCUT2D eigenvalue weighted by molar-refractivity contribution is 0.0989. The molecule has 0 spiro atoms. The topological polar surface area (TPSA) is 38.5 Å². The van der Waals surface area contributed by atoms with E-state index < -0.39 is 0 Å². The van der Waals surface area contributed by atoms with Gasteiger partial charge in [-0.2, -0.15) is 0 Å². The molecule has 1 unspecified atom stereocenters. The number of anilines is 2. The predicted molar refractivity (Wildman–Crippen MR) is 63.5 cm³/mol. The second-order valence-electron chi connectivity index (χ2n) is 3.83. The maximum atomic E-state index is 6.17. The molecule has 1 aromatic rings. The lowest BCUT2D eigenvalue weighted by Crippen LogP contribution is -2.43. The number of benzene rings is 1. The minimum atomic E-state index is 0.361. The fourth-order valence-corrected chi connectivity index (χ4v) is 2.14. The van der Waals surface area contributed by atoms with Gasteiger partial charge in [-0.15, -0.1) is 0 Å². The van der Waals surface area contributed by atoms with Gasteiger partial charge in [-0.25, -0.2) is 0 Å². The van der Waals surface area contributed by atoms with Crippen LogP contribution in [0.4, 0.5) is 11.4 Å². The highest BCUT2D eigenvalue weighted by atomic mass is 35.5. The normalized spacial score (nSPS) is 21.7. The van der Waals surface area contributed by atoms with Gasteiger partial charge in [0.05, 0.1) is 23.9 Å². The van der Waals surface area contributed by atoms with Crippen molar-refractivity contribution in [2.24, 2.45) is 0 Å². The van der Waals surface area contributed by atoms with Crippen LogP contribution in [0.15, 0.2) is 18.2 Å². The first-order valence-electron chi connectivity index (χ1n) is 5.08. The van der Waals surface area contributed by atoms with E-state index in [-0.39, 0.29) is 0 Å². The number of nitrogen functional groups attached to an aromatic ring is 1. The van der Waals surface area contributed by atoms with Crippen molar-refractivity contribution >= 4 is 23.0 Å². The highest BCUT2D eigenvalue weighted by Crippen LogP contribution is 2.30. The van der Waals surface area contributed by atoms with Crippen LogP contribution in [0.3, 0.4) is 0 Å². The van der Waals surface area contributed by atoms with Crippen LogP contribution in [0, 0.1) is 0 Å². The van der Waals surface area contributed by atoms with Crippen LogP contribution in [-0.4, -0.2) is 25.8 Å². The maximum absolute atomic E-state index is 6.17. The molecule has 3 nitrogen and oxygen atoms in total. The smallest absolute Gasteiger partial charge is 0.0668 e. The van der Waals surface area contributed by atoms with Crippen LogP contribution in [0.2, 0.25) is 5.02 Å². The van der Waals surface area contributed by atoms with Crippen LogP contribution < -0.4 is 10.6 Å². The number of nitrogens with two attached hydrogens (primary N) is 1. The summed E-state index contributed by atoms with van der Waals surface area (Å²) in [5.41, 5.74) is 7.41. The third-order valence-corrected chi connectivity index (χ3v) is 2.95. The Labute approximate surface area is 94.8 Å². The largest absolute Gasteiger partial charge is 0.399 e. The Balaban J connectivity index is 2.27. The van der Waals surface area contributed by atoms with Crippen molar-refractivity contribution in [2.75, 3.05) is 30.4 Å². The van der Waals surface area contributed by atoms with Crippen LogP contribution in [0.5, 0.6) is 0 Å². The van der Waals surface area contributed by atoms with Crippen molar-refractivity contribution in [1.29, 1.82) is 0 Å². The Morgan fingerprint density at radius 1 is 1.53 bits per heavy atom. The fraction of sp³-hybridized carbons (Fsp3) is 0.455. The average molecular weight is 227 g/mol. The van der Waals surface area contributed by atoms with Crippen molar-refractivity contribution in [3.8, 4) is 0 Å². The number of rotatable bonds is 1. The molecular formula is C11H15ClN2O. The van der Waals surface area contributed by atoms with Gasteiger partial charge in [0, 0.05) is 18.3 Å².